The molecular weight excluding hydrogens is 536 g/mol. The Bertz CT molecular complexity index is 1690. The number of imidazole rings is 1. The van der Waals surface area contributed by atoms with Crippen LogP contribution in [0.25, 0.3) is 11.0 Å². The van der Waals surface area contributed by atoms with Gasteiger partial charge in [-0.2, -0.15) is 0 Å². The number of nitrogens with zero attached hydrogens (tertiary/aromatic N) is 5. The third-order valence-electron chi connectivity index (χ3n) is 6.91. The highest BCUT2D eigenvalue weighted by atomic mass is 16.6. The van der Waals surface area contributed by atoms with Gasteiger partial charge in [-0.15, -0.1) is 0 Å². The predicted molar refractivity (Wildman–Crippen MR) is 161 cm³/mol. The molecule has 1 aliphatic heterocycles. The highest BCUT2D eigenvalue weighted by molar-refractivity contribution is 6.12. The normalized spacial score (nSPS) is 13.4. The number of benzene rings is 2. The summed E-state index contributed by atoms with van der Waals surface area (Å²) in [6.45, 7) is 8.38. The van der Waals surface area contributed by atoms with E-state index in [-0.39, 0.29) is 17.2 Å². The first-order valence-electron chi connectivity index (χ1n) is 13.7. The largest absolute Gasteiger partial charge is 0.496 e. The van der Waals surface area contributed by atoms with Gasteiger partial charge >= 0.3 is 6.09 Å². The number of amides is 2. The minimum absolute atomic E-state index is 0.210. The van der Waals surface area contributed by atoms with Crippen molar-refractivity contribution in [3.8, 4) is 5.75 Å². The zero-order valence-corrected chi connectivity index (χ0v) is 24.6. The minimum atomic E-state index is -0.681. The van der Waals surface area contributed by atoms with Crippen molar-refractivity contribution < 1.29 is 23.9 Å². The van der Waals surface area contributed by atoms with Gasteiger partial charge in [-0.1, -0.05) is 6.07 Å². The molecule has 5 rings (SSSR count). The molecule has 2 amide bonds. The van der Waals surface area contributed by atoms with E-state index in [0.29, 0.717) is 34.7 Å². The molecule has 2 aromatic heterocycles. The number of hydrogen-bond donors (Lipinski definition) is 1. The third kappa shape index (κ3) is 5.50. The maximum Gasteiger partial charge on any atom is 0.420 e. The number of hydrogen-bond acceptors (Lipinski definition) is 8. The van der Waals surface area contributed by atoms with Gasteiger partial charge in [0.2, 0.25) is 0 Å². The number of anilines is 3. The van der Waals surface area contributed by atoms with Gasteiger partial charge in [-0.05, 0) is 76.6 Å². The molecule has 0 fully saturated rings. The van der Waals surface area contributed by atoms with Crippen LogP contribution in [0.5, 0.6) is 5.75 Å². The van der Waals surface area contributed by atoms with Gasteiger partial charge in [-0.3, -0.25) is 9.59 Å². The molecule has 0 bridgehead atoms. The van der Waals surface area contributed by atoms with Gasteiger partial charge in [0.1, 0.15) is 22.7 Å². The average Bonchev–Trinajstić information content (AvgIpc) is 3.21. The molecule has 1 aliphatic rings. The molecule has 0 saturated heterocycles. The van der Waals surface area contributed by atoms with Crippen LogP contribution in [0.4, 0.5) is 22.0 Å². The number of pyridine rings is 1. The molecule has 11 heteroatoms. The zero-order valence-electron chi connectivity index (χ0n) is 24.6. The fourth-order valence-corrected chi connectivity index (χ4v) is 5.01. The van der Waals surface area contributed by atoms with Crippen LogP contribution in [0.3, 0.4) is 0 Å². The second-order valence-corrected chi connectivity index (χ2v) is 11.1. The third-order valence-corrected chi connectivity index (χ3v) is 6.91. The second kappa shape index (κ2) is 11.2. The number of aryl methyl sites for hydroxylation is 1. The van der Waals surface area contributed by atoms with E-state index >= 15 is 0 Å². The summed E-state index contributed by atoms with van der Waals surface area (Å²) in [6, 6.07) is 13.6. The van der Waals surface area contributed by atoms with E-state index in [4.69, 9.17) is 9.47 Å². The minimum Gasteiger partial charge on any atom is -0.496 e. The fourth-order valence-electron chi connectivity index (χ4n) is 5.01. The summed E-state index contributed by atoms with van der Waals surface area (Å²) in [6.07, 6.45) is 1.94. The van der Waals surface area contributed by atoms with Crippen LogP contribution < -0.4 is 19.9 Å². The lowest BCUT2D eigenvalue weighted by atomic mass is 10.1. The molecule has 0 aliphatic carbocycles. The van der Waals surface area contributed by atoms with E-state index in [9.17, 15) is 14.4 Å². The monoisotopic (exact) mass is 570 g/mol. The molecule has 0 atom stereocenters. The molecule has 3 heterocycles. The molecular formula is C31H34N6O5. The average molecular weight is 571 g/mol. The Morgan fingerprint density at radius 2 is 1.81 bits per heavy atom. The zero-order chi connectivity index (χ0) is 30.2. The van der Waals surface area contributed by atoms with Crippen molar-refractivity contribution in [3.63, 3.8) is 0 Å². The summed E-state index contributed by atoms with van der Waals surface area (Å²) in [5, 5.41) is 2.89. The number of rotatable bonds is 4. The lowest BCUT2D eigenvalue weighted by molar-refractivity contribution is 0.0540. The van der Waals surface area contributed by atoms with Crippen molar-refractivity contribution in [2.24, 2.45) is 0 Å². The smallest absolute Gasteiger partial charge is 0.420 e. The quantitative estimate of drug-likeness (QED) is 0.353. The van der Waals surface area contributed by atoms with Crippen LogP contribution in [-0.2, 0) is 4.74 Å². The summed E-state index contributed by atoms with van der Waals surface area (Å²) < 4.78 is 12.5. The Balaban J connectivity index is 1.42. The van der Waals surface area contributed by atoms with Gasteiger partial charge in [0, 0.05) is 31.9 Å². The number of fused-ring (bicyclic) bond motifs is 2. The molecule has 0 radical (unpaired) electrons. The van der Waals surface area contributed by atoms with E-state index in [0.717, 1.165) is 24.5 Å². The summed E-state index contributed by atoms with van der Waals surface area (Å²) in [4.78, 5) is 52.7. The van der Waals surface area contributed by atoms with Gasteiger partial charge in [-0.25, -0.2) is 19.3 Å². The van der Waals surface area contributed by atoms with Crippen molar-refractivity contribution in [3.05, 3.63) is 71.7 Å². The molecule has 4 aromatic rings. The first kappa shape index (κ1) is 28.6. The van der Waals surface area contributed by atoms with E-state index in [1.807, 2.05) is 24.1 Å². The highest BCUT2D eigenvalue weighted by Crippen LogP contribution is 2.32. The Labute approximate surface area is 244 Å². The highest BCUT2D eigenvalue weighted by Gasteiger charge is 2.27. The van der Waals surface area contributed by atoms with Crippen LogP contribution in [0.2, 0.25) is 0 Å². The van der Waals surface area contributed by atoms with Crippen molar-refractivity contribution in [1.82, 2.24) is 14.5 Å². The summed E-state index contributed by atoms with van der Waals surface area (Å²) >= 11 is 0. The number of aromatic nitrogens is 3. The van der Waals surface area contributed by atoms with Gasteiger partial charge in [0.05, 0.1) is 29.6 Å². The lowest BCUT2D eigenvalue weighted by Gasteiger charge is -2.23. The number of ether oxygens (including phenoxy) is 2. The number of carbonyl (C=O) groups excluding carboxylic acids is 3. The Morgan fingerprint density at radius 1 is 1.02 bits per heavy atom. The van der Waals surface area contributed by atoms with Crippen LogP contribution in [-0.4, -0.2) is 65.3 Å². The van der Waals surface area contributed by atoms with Crippen molar-refractivity contribution in [1.29, 1.82) is 0 Å². The van der Waals surface area contributed by atoms with Crippen LogP contribution in [0, 0.1) is 6.92 Å². The molecule has 11 nitrogen and oxygen atoms in total. The van der Waals surface area contributed by atoms with Crippen LogP contribution >= 0.6 is 0 Å². The Hall–Kier alpha value is -4.93. The molecule has 2 aromatic carbocycles. The Kier molecular flexibility index (Phi) is 7.59. The molecule has 218 valence electrons. The van der Waals surface area contributed by atoms with Crippen molar-refractivity contribution in [2.45, 2.75) is 39.7 Å². The number of para-hydroxylation sites is 1. The lowest BCUT2D eigenvalue weighted by Crippen LogP contribution is -2.31. The fraction of sp³-hybridized carbons (Fsp3) is 0.323. The first-order chi connectivity index (χ1) is 20.0. The van der Waals surface area contributed by atoms with Gasteiger partial charge < -0.3 is 24.6 Å². The molecule has 0 unspecified atom stereocenters. The van der Waals surface area contributed by atoms with Gasteiger partial charge in [0.15, 0.2) is 5.82 Å². The van der Waals surface area contributed by atoms with E-state index in [1.54, 1.807) is 75.2 Å². The van der Waals surface area contributed by atoms with Crippen molar-refractivity contribution in [2.75, 3.05) is 42.4 Å². The van der Waals surface area contributed by atoms with Gasteiger partial charge in [0.25, 0.3) is 11.8 Å². The number of carbonyl (C=O) groups is 3. The van der Waals surface area contributed by atoms with Crippen molar-refractivity contribution >= 4 is 46.1 Å². The first-order valence-corrected chi connectivity index (χ1v) is 13.7. The summed E-state index contributed by atoms with van der Waals surface area (Å²) in [5.74, 6) is 0.758. The second-order valence-electron chi connectivity index (χ2n) is 11.1. The number of methoxy groups -OCH3 is 1. The Morgan fingerprint density at radius 3 is 2.55 bits per heavy atom. The maximum atomic E-state index is 13.7. The van der Waals surface area contributed by atoms with Crippen LogP contribution in [0.15, 0.2) is 54.7 Å². The molecule has 0 saturated carbocycles. The summed E-state index contributed by atoms with van der Waals surface area (Å²) in [5.41, 5.74) is 2.05. The SMILES string of the molecule is COc1cc(C(=O)N2CCCN(C)c3ncccc32)ccc1C(=O)Nc1cccc2c1nc(C)n2C(=O)OC(C)(C)C. The standard InChI is InChI=1S/C31H34N6O5/c1-19-33-26-22(10-7-11-23(26)37(19)30(40)42-31(2,3)4)34-28(38)21-14-13-20(18-25(21)41-6)29(39)36-17-9-16-35(5)27-24(36)12-8-15-32-27/h7-8,10-15,18H,9,16-17H2,1-6H3,(H,34,38). The maximum absolute atomic E-state index is 13.7. The number of nitrogens with one attached hydrogen (secondary N) is 1. The predicted octanol–water partition coefficient (Wildman–Crippen LogP) is 5.27. The van der Waals surface area contributed by atoms with E-state index < -0.39 is 17.6 Å². The van der Waals surface area contributed by atoms with E-state index in [2.05, 4.69) is 15.3 Å². The molecule has 0 spiro atoms. The van der Waals surface area contributed by atoms with Crippen LogP contribution in [0.1, 0.15) is 53.7 Å². The van der Waals surface area contributed by atoms with E-state index in [1.165, 1.54) is 11.7 Å². The molecule has 1 N–H and O–H groups in total. The summed E-state index contributed by atoms with van der Waals surface area (Å²) in [7, 11) is 3.41. The molecule has 42 heavy (non-hydrogen) atoms. The topological polar surface area (TPSA) is 119 Å².